The Morgan fingerprint density at radius 2 is 1.03 bits per heavy atom. The van der Waals surface area contributed by atoms with E-state index in [2.05, 4.69) is 4.98 Å². The normalized spacial score (nSPS) is 11.5. The van der Waals surface area contributed by atoms with Gasteiger partial charge in [-0.3, -0.25) is 23.1 Å². The molecule has 60 heavy (non-hydrogen) atoms. The van der Waals surface area contributed by atoms with Crippen molar-refractivity contribution in [3.8, 4) is 0 Å². The Bertz CT molecular complexity index is 3260. The summed E-state index contributed by atoms with van der Waals surface area (Å²) in [6, 6.07) is 35.7. The summed E-state index contributed by atoms with van der Waals surface area (Å²) in [6.45, 7) is 15.8. The van der Waals surface area contributed by atoms with E-state index < -0.39 is 0 Å². The first-order valence-corrected chi connectivity index (χ1v) is 20.7. The number of pyridine rings is 1. The maximum atomic E-state index is 11.8. The van der Waals surface area contributed by atoms with Crippen molar-refractivity contribution in [3.63, 3.8) is 0 Å². The van der Waals surface area contributed by atoms with E-state index in [0.29, 0.717) is 22.4 Å². The first kappa shape index (κ1) is 41.4. The summed E-state index contributed by atoms with van der Waals surface area (Å²) in [5.41, 5.74) is 5.30. The summed E-state index contributed by atoms with van der Waals surface area (Å²) < 4.78 is 23.5. The monoisotopic (exact) mass is 825 g/mol. The molecule has 5 heterocycles. The van der Waals surface area contributed by atoms with Crippen molar-refractivity contribution in [2.45, 2.75) is 79.6 Å². The Balaban J connectivity index is 0.000000122. The number of rotatable bonds is 4. The summed E-state index contributed by atoms with van der Waals surface area (Å²) in [5.74, 6) is -0.915. The van der Waals surface area contributed by atoms with Gasteiger partial charge in [-0.25, -0.2) is 19.4 Å². The Labute approximate surface area is 348 Å². The number of aromatic nitrogens is 5. The van der Waals surface area contributed by atoms with Crippen molar-refractivity contribution < 1.29 is 13.3 Å². The van der Waals surface area contributed by atoms with E-state index in [1.165, 1.54) is 15.9 Å². The Morgan fingerprint density at radius 3 is 1.72 bits per heavy atom. The average Bonchev–Trinajstić information content (AvgIpc) is 3.96. The Morgan fingerprint density at radius 1 is 0.483 bits per heavy atom. The third kappa shape index (κ3) is 8.00. The Kier molecular flexibility index (Phi) is 11.9. The van der Waals surface area contributed by atoms with Crippen LogP contribution in [0, 0.1) is 0 Å². The highest BCUT2D eigenvalue weighted by Crippen LogP contribution is 2.28. The highest BCUT2D eigenvalue weighted by Gasteiger charge is 2.16. The molecule has 5 aromatic carbocycles. The van der Waals surface area contributed by atoms with Crippen molar-refractivity contribution >= 4 is 76.5 Å². The van der Waals surface area contributed by atoms with Crippen LogP contribution in [0.5, 0.6) is 0 Å². The van der Waals surface area contributed by atoms with Crippen LogP contribution in [-0.4, -0.2) is 23.3 Å². The lowest BCUT2D eigenvalue weighted by molar-refractivity contribution is 0.477. The third-order valence-corrected chi connectivity index (χ3v) is 10.9. The van der Waals surface area contributed by atoms with Crippen LogP contribution in [0.25, 0.3) is 65.2 Å². The number of fused-ring (bicyclic) bond motifs is 8. The molecular formula is C47H47N5O7S. The second kappa shape index (κ2) is 17.2. The van der Waals surface area contributed by atoms with Crippen molar-refractivity contribution in [1.82, 2.24) is 23.3 Å². The fourth-order valence-corrected chi connectivity index (χ4v) is 8.34. The summed E-state index contributed by atoms with van der Waals surface area (Å²) in [4.78, 5) is 50.8. The zero-order valence-electron chi connectivity index (χ0n) is 34.8. The molecule has 0 N–H and O–H groups in total. The third-order valence-electron chi connectivity index (χ3n) is 9.96. The van der Waals surface area contributed by atoms with Crippen LogP contribution >= 0.6 is 11.3 Å². The van der Waals surface area contributed by atoms with E-state index in [1.807, 2.05) is 157 Å². The molecule has 10 rings (SSSR count). The number of nitrogens with zero attached hydrogens (tertiary/aromatic N) is 5. The van der Waals surface area contributed by atoms with E-state index in [9.17, 15) is 19.2 Å². The zero-order chi connectivity index (χ0) is 42.8. The van der Waals surface area contributed by atoms with Gasteiger partial charge >= 0.3 is 22.1 Å². The fourth-order valence-electron chi connectivity index (χ4n) is 7.32. The molecule has 12 nitrogen and oxygen atoms in total. The fraction of sp³-hybridized carbons (Fsp3) is 0.255. The van der Waals surface area contributed by atoms with Gasteiger partial charge in [0, 0.05) is 41.1 Å². The molecular weight excluding hydrogens is 779 g/mol. The van der Waals surface area contributed by atoms with Gasteiger partial charge < -0.3 is 13.3 Å². The van der Waals surface area contributed by atoms with Gasteiger partial charge in [-0.2, -0.15) is 0 Å². The van der Waals surface area contributed by atoms with E-state index in [-0.39, 0.29) is 46.3 Å². The van der Waals surface area contributed by atoms with Gasteiger partial charge in [-0.15, -0.1) is 0 Å². The molecule has 10 aromatic rings. The van der Waals surface area contributed by atoms with Crippen molar-refractivity contribution in [2.24, 2.45) is 0 Å². The molecule has 0 radical (unpaired) electrons. The molecule has 308 valence electrons. The molecule has 0 saturated carbocycles. The standard InChI is InChI=1S/2C14H13NO2.C10H11NOS.C9H10N2O2/c1-9(2)15-13-11-6-4-3-5-10(11)7-8-12(13)17-14(15)16;1-9(2)15-12-8-7-10-5-3-4-6-11(10)13(12)17-14(15)16;1-7(2)11-8-5-3-4-6-9(8)13-10(11)12;1-6(2)11-8-7(13-9(11)12)4-3-5-10-8/h2*3-9H,1-2H3;3-7H,1-2H3;3-6H,1-2H3. The van der Waals surface area contributed by atoms with Crippen LogP contribution in [0.15, 0.2) is 148 Å². The van der Waals surface area contributed by atoms with Gasteiger partial charge in [-0.1, -0.05) is 84.1 Å². The maximum absolute atomic E-state index is 11.8. The maximum Gasteiger partial charge on any atom is 0.421 e. The zero-order valence-corrected chi connectivity index (χ0v) is 35.6. The van der Waals surface area contributed by atoms with Crippen molar-refractivity contribution in [3.05, 3.63) is 157 Å². The topological polar surface area (TPSA) is 140 Å². The predicted molar refractivity (Wildman–Crippen MR) is 242 cm³/mol. The van der Waals surface area contributed by atoms with Crippen LogP contribution in [0.1, 0.15) is 79.6 Å². The number of oxazole rings is 3. The van der Waals surface area contributed by atoms with Gasteiger partial charge in [0.2, 0.25) is 0 Å². The van der Waals surface area contributed by atoms with Gasteiger partial charge in [0.25, 0.3) is 0 Å². The Hall–Kier alpha value is -6.73. The summed E-state index contributed by atoms with van der Waals surface area (Å²) in [5, 5.41) is 4.26. The largest absolute Gasteiger partial charge is 0.421 e. The second-order valence-corrected chi connectivity index (χ2v) is 16.4. The molecule has 0 bridgehead atoms. The number of hydrogen-bond acceptors (Lipinski definition) is 9. The molecule has 0 aliphatic carbocycles. The lowest BCUT2D eigenvalue weighted by Gasteiger charge is -2.07. The SMILES string of the molecule is CC(C)n1c(=O)oc2c3ccccc3ccc21.CC(C)n1c(=O)oc2ccc3ccccc3c21.CC(C)n1c(=O)oc2cccnc21.CC(C)n1c(=O)sc2ccccc21. The van der Waals surface area contributed by atoms with Gasteiger partial charge in [0.15, 0.2) is 22.4 Å². The molecule has 0 fully saturated rings. The van der Waals surface area contributed by atoms with Crippen LogP contribution in [0.4, 0.5) is 0 Å². The molecule has 0 atom stereocenters. The molecule has 0 aliphatic heterocycles. The minimum atomic E-state index is -0.344. The van der Waals surface area contributed by atoms with Crippen molar-refractivity contribution in [2.75, 3.05) is 0 Å². The summed E-state index contributed by atoms with van der Waals surface area (Å²) >= 11 is 1.31. The predicted octanol–water partition coefficient (Wildman–Crippen LogP) is 10.9. The number of thiazole rings is 1. The van der Waals surface area contributed by atoms with E-state index in [1.54, 1.807) is 27.5 Å². The lowest BCUT2D eigenvalue weighted by atomic mass is 10.1. The van der Waals surface area contributed by atoms with Gasteiger partial charge in [0.05, 0.1) is 21.3 Å². The molecule has 13 heteroatoms. The lowest BCUT2D eigenvalue weighted by Crippen LogP contribution is -2.16. The molecule has 0 amide bonds. The van der Waals surface area contributed by atoms with Crippen LogP contribution in [-0.2, 0) is 0 Å². The second-order valence-electron chi connectivity index (χ2n) is 15.4. The highest BCUT2D eigenvalue weighted by atomic mass is 32.1. The van der Waals surface area contributed by atoms with Crippen LogP contribution in [0.2, 0.25) is 0 Å². The van der Waals surface area contributed by atoms with Gasteiger partial charge in [0.1, 0.15) is 0 Å². The van der Waals surface area contributed by atoms with Gasteiger partial charge in [-0.05, 0) is 103 Å². The molecule has 0 aliphatic rings. The van der Waals surface area contributed by atoms with E-state index in [0.717, 1.165) is 42.8 Å². The molecule has 0 spiro atoms. The average molecular weight is 826 g/mol. The minimum Gasteiger partial charge on any atom is -0.408 e. The summed E-state index contributed by atoms with van der Waals surface area (Å²) in [6.07, 6.45) is 1.65. The number of para-hydroxylation sites is 1. The minimum absolute atomic E-state index is 0.0728. The van der Waals surface area contributed by atoms with Crippen LogP contribution < -0.4 is 22.1 Å². The van der Waals surface area contributed by atoms with Crippen LogP contribution in [0.3, 0.4) is 0 Å². The first-order valence-electron chi connectivity index (χ1n) is 19.9. The molecule has 0 unspecified atom stereocenters. The smallest absolute Gasteiger partial charge is 0.408 e. The molecule has 5 aromatic heterocycles. The first-order chi connectivity index (χ1) is 28.8. The van der Waals surface area contributed by atoms with E-state index in [4.69, 9.17) is 13.3 Å². The number of hydrogen-bond donors (Lipinski definition) is 0. The highest BCUT2D eigenvalue weighted by molar-refractivity contribution is 7.16. The summed E-state index contributed by atoms with van der Waals surface area (Å²) in [7, 11) is 0. The van der Waals surface area contributed by atoms with Crippen molar-refractivity contribution in [1.29, 1.82) is 0 Å². The molecule has 0 saturated heterocycles. The quantitative estimate of drug-likeness (QED) is 0.171. The van der Waals surface area contributed by atoms with E-state index >= 15 is 0 Å². The number of benzene rings is 5.